The van der Waals surface area contributed by atoms with Crippen LogP contribution in [0, 0.1) is 0 Å². The standard InChI is InChI=1S/C45H30S/c1-45(2)39-23-20-28(25-37(39)36-22-19-27-11-3-4-12-30(27)44(36)45)42-32-14-5-7-16-34(32)43(35-17-8-6-15-33(35)42)29-21-24-41-38(26-29)31-13-9-10-18-40(31)46-41/h3-26H,1-2H3. The van der Waals surface area contributed by atoms with Crippen molar-refractivity contribution in [1.82, 2.24) is 0 Å². The molecular weight excluding hydrogens is 573 g/mol. The van der Waals surface area contributed by atoms with E-state index in [1.165, 1.54) is 97.0 Å². The lowest BCUT2D eigenvalue weighted by molar-refractivity contribution is 0.666. The molecule has 0 nitrogen and oxygen atoms in total. The molecule has 0 N–H and O–H groups in total. The molecule has 1 aliphatic rings. The second-order valence-corrected chi connectivity index (χ2v) is 14.3. The molecule has 0 saturated heterocycles. The van der Waals surface area contributed by atoms with E-state index in [0.29, 0.717) is 0 Å². The maximum Gasteiger partial charge on any atom is 0.0355 e. The molecule has 0 saturated carbocycles. The van der Waals surface area contributed by atoms with Gasteiger partial charge in [0.05, 0.1) is 0 Å². The van der Waals surface area contributed by atoms with Gasteiger partial charge >= 0.3 is 0 Å². The highest BCUT2D eigenvalue weighted by Gasteiger charge is 2.37. The number of benzene rings is 8. The van der Waals surface area contributed by atoms with Gasteiger partial charge in [0.2, 0.25) is 0 Å². The largest absolute Gasteiger partial charge is 0.135 e. The van der Waals surface area contributed by atoms with Gasteiger partial charge in [0.15, 0.2) is 0 Å². The highest BCUT2D eigenvalue weighted by molar-refractivity contribution is 7.25. The number of hydrogen-bond donors (Lipinski definition) is 0. The predicted octanol–water partition coefficient (Wildman–Crippen LogP) is 13.2. The second-order valence-electron chi connectivity index (χ2n) is 13.2. The van der Waals surface area contributed by atoms with Crippen LogP contribution in [-0.4, -0.2) is 0 Å². The van der Waals surface area contributed by atoms with Crippen LogP contribution in [0.1, 0.15) is 25.0 Å². The van der Waals surface area contributed by atoms with Crippen molar-refractivity contribution in [1.29, 1.82) is 0 Å². The minimum absolute atomic E-state index is 0.0669. The number of rotatable bonds is 2. The highest BCUT2D eigenvalue weighted by Crippen LogP contribution is 2.53. The zero-order valence-electron chi connectivity index (χ0n) is 25.8. The molecule has 0 amide bonds. The summed E-state index contributed by atoms with van der Waals surface area (Å²) in [6.07, 6.45) is 0. The van der Waals surface area contributed by atoms with Gasteiger partial charge in [-0.05, 0) is 101 Å². The highest BCUT2D eigenvalue weighted by atomic mass is 32.1. The lowest BCUT2D eigenvalue weighted by atomic mass is 9.80. The Labute approximate surface area is 272 Å². The average Bonchev–Trinajstić information content (AvgIpc) is 3.58. The summed E-state index contributed by atoms with van der Waals surface area (Å²) in [4.78, 5) is 0. The third-order valence-electron chi connectivity index (χ3n) is 10.4. The molecule has 1 aromatic heterocycles. The van der Waals surface area contributed by atoms with Crippen molar-refractivity contribution in [2.45, 2.75) is 19.3 Å². The minimum Gasteiger partial charge on any atom is -0.135 e. The van der Waals surface area contributed by atoms with E-state index >= 15 is 0 Å². The minimum atomic E-state index is -0.0669. The third-order valence-corrected chi connectivity index (χ3v) is 11.6. The fraction of sp³-hybridized carbons (Fsp3) is 0.0667. The van der Waals surface area contributed by atoms with Crippen LogP contribution in [0.25, 0.3) is 85.9 Å². The van der Waals surface area contributed by atoms with Crippen LogP contribution < -0.4 is 0 Å². The van der Waals surface area contributed by atoms with Crippen LogP contribution in [0.3, 0.4) is 0 Å². The first-order chi connectivity index (χ1) is 22.6. The number of hydrogen-bond acceptors (Lipinski definition) is 1. The van der Waals surface area contributed by atoms with Gasteiger partial charge < -0.3 is 0 Å². The molecule has 1 heterocycles. The molecule has 0 atom stereocenters. The molecule has 10 rings (SSSR count). The van der Waals surface area contributed by atoms with E-state index in [-0.39, 0.29) is 5.41 Å². The Kier molecular flexibility index (Phi) is 5.31. The molecule has 0 spiro atoms. The summed E-state index contributed by atoms with van der Waals surface area (Å²) in [6, 6.07) is 54.6. The third kappa shape index (κ3) is 3.49. The van der Waals surface area contributed by atoms with Crippen molar-refractivity contribution in [2.24, 2.45) is 0 Å². The smallest absolute Gasteiger partial charge is 0.0355 e. The van der Waals surface area contributed by atoms with E-state index in [1.807, 2.05) is 11.3 Å². The van der Waals surface area contributed by atoms with E-state index in [1.54, 1.807) is 0 Å². The van der Waals surface area contributed by atoms with E-state index in [0.717, 1.165) is 0 Å². The summed E-state index contributed by atoms with van der Waals surface area (Å²) in [5.41, 5.74) is 10.7. The maximum atomic E-state index is 2.47. The van der Waals surface area contributed by atoms with Gasteiger partial charge in [-0.15, -0.1) is 11.3 Å². The van der Waals surface area contributed by atoms with Crippen LogP contribution in [0.2, 0.25) is 0 Å². The SMILES string of the molecule is CC1(C)c2ccc(-c3c4ccccc4c(-c4ccc5sc6ccccc6c5c4)c4ccccc34)cc2-c2ccc3ccccc3c21. The Morgan fingerprint density at radius 3 is 1.65 bits per heavy atom. The molecule has 1 heteroatoms. The fourth-order valence-electron chi connectivity index (χ4n) is 8.40. The summed E-state index contributed by atoms with van der Waals surface area (Å²) in [6.45, 7) is 4.77. The van der Waals surface area contributed by atoms with Crippen molar-refractivity contribution in [2.75, 3.05) is 0 Å². The molecule has 9 aromatic rings. The Morgan fingerprint density at radius 1 is 0.413 bits per heavy atom. The first-order valence-corrected chi connectivity index (χ1v) is 16.9. The van der Waals surface area contributed by atoms with E-state index in [2.05, 4.69) is 159 Å². The number of fused-ring (bicyclic) bond motifs is 10. The van der Waals surface area contributed by atoms with E-state index < -0.39 is 0 Å². The van der Waals surface area contributed by atoms with Gasteiger partial charge in [-0.25, -0.2) is 0 Å². The van der Waals surface area contributed by atoms with Gasteiger partial charge in [-0.2, -0.15) is 0 Å². The normalized spacial score (nSPS) is 13.6. The molecule has 0 aliphatic heterocycles. The van der Waals surface area contributed by atoms with Crippen LogP contribution in [0.5, 0.6) is 0 Å². The molecule has 8 aromatic carbocycles. The Morgan fingerprint density at radius 2 is 0.957 bits per heavy atom. The van der Waals surface area contributed by atoms with E-state index in [9.17, 15) is 0 Å². The zero-order chi connectivity index (χ0) is 30.6. The topological polar surface area (TPSA) is 0 Å². The first-order valence-electron chi connectivity index (χ1n) is 16.1. The number of thiophene rings is 1. The van der Waals surface area contributed by atoms with Crippen molar-refractivity contribution in [3.8, 4) is 33.4 Å². The summed E-state index contributed by atoms with van der Waals surface area (Å²) < 4.78 is 2.68. The van der Waals surface area contributed by atoms with Crippen LogP contribution in [0.15, 0.2) is 146 Å². The molecule has 0 radical (unpaired) electrons. The molecule has 46 heavy (non-hydrogen) atoms. The van der Waals surface area contributed by atoms with Gasteiger partial charge in [0.1, 0.15) is 0 Å². The predicted molar refractivity (Wildman–Crippen MR) is 200 cm³/mol. The molecular formula is C45H30S. The summed E-state index contributed by atoms with van der Waals surface area (Å²) in [5.74, 6) is 0. The fourth-order valence-corrected chi connectivity index (χ4v) is 9.49. The lowest BCUT2D eigenvalue weighted by Gasteiger charge is -2.23. The van der Waals surface area contributed by atoms with Crippen LogP contribution >= 0.6 is 11.3 Å². The van der Waals surface area contributed by atoms with Gasteiger partial charge in [0, 0.05) is 25.6 Å². The summed E-state index contributed by atoms with van der Waals surface area (Å²) >= 11 is 1.88. The quantitative estimate of drug-likeness (QED) is 0.173. The van der Waals surface area contributed by atoms with Crippen LogP contribution in [-0.2, 0) is 5.41 Å². The average molecular weight is 603 g/mol. The summed E-state index contributed by atoms with van der Waals surface area (Å²) in [7, 11) is 0. The Bertz CT molecular complexity index is 2660. The van der Waals surface area contributed by atoms with Crippen molar-refractivity contribution >= 4 is 63.8 Å². The maximum absolute atomic E-state index is 2.47. The molecule has 0 bridgehead atoms. The van der Waals surface area contributed by atoms with Gasteiger partial charge in [-0.1, -0.05) is 135 Å². The monoisotopic (exact) mass is 602 g/mol. The molecule has 0 unspecified atom stereocenters. The second kappa shape index (κ2) is 9.39. The van der Waals surface area contributed by atoms with Gasteiger partial charge in [-0.3, -0.25) is 0 Å². The van der Waals surface area contributed by atoms with Crippen molar-refractivity contribution < 1.29 is 0 Å². The molecule has 216 valence electrons. The van der Waals surface area contributed by atoms with Crippen LogP contribution in [0.4, 0.5) is 0 Å². The lowest BCUT2D eigenvalue weighted by Crippen LogP contribution is -2.15. The van der Waals surface area contributed by atoms with Crippen molar-refractivity contribution in [3.05, 3.63) is 157 Å². The molecule has 0 fully saturated rings. The Balaban J connectivity index is 1.25. The van der Waals surface area contributed by atoms with E-state index in [4.69, 9.17) is 0 Å². The summed E-state index contributed by atoms with van der Waals surface area (Å²) in [5, 5.41) is 10.5. The Hall–Kier alpha value is -5.24. The zero-order valence-corrected chi connectivity index (χ0v) is 26.6. The van der Waals surface area contributed by atoms with Crippen molar-refractivity contribution in [3.63, 3.8) is 0 Å². The first kappa shape index (κ1) is 26.0. The van der Waals surface area contributed by atoms with Gasteiger partial charge in [0.25, 0.3) is 0 Å². The molecule has 1 aliphatic carbocycles.